The van der Waals surface area contributed by atoms with Crippen LogP contribution in [0.3, 0.4) is 0 Å². The molecule has 0 radical (unpaired) electrons. The van der Waals surface area contributed by atoms with Crippen LogP contribution in [0.1, 0.15) is 25.5 Å². The number of aromatic nitrogens is 2. The van der Waals surface area contributed by atoms with Crippen LogP contribution in [0.15, 0.2) is 12.5 Å². The van der Waals surface area contributed by atoms with Crippen molar-refractivity contribution in [2.75, 3.05) is 12.0 Å². The number of thioether (sulfide) groups is 1. The number of aromatic amines is 1. The Hall–Kier alpha value is -3.13. The Kier molecular flexibility index (Phi) is 11.2. The van der Waals surface area contributed by atoms with Crippen LogP contribution in [0.5, 0.6) is 0 Å². The van der Waals surface area contributed by atoms with E-state index < -0.39 is 60.2 Å². The number of hydrogen-bond acceptors (Lipinski definition) is 8. The number of imidazole rings is 1. The Balaban J connectivity index is 2.73. The molecular weight excluding hydrogens is 442 g/mol. The van der Waals surface area contributed by atoms with Crippen molar-refractivity contribution >= 4 is 41.4 Å². The van der Waals surface area contributed by atoms with Gasteiger partial charge in [0.25, 0.3) is 0 Å². The number of carboxylic acids is 1. The van der Waals surface area contributed by atoms with Gasteiger partial charge in [-0.3, -0.25) is 19.2 Å². The molecule has 4 amide bonds. The van der Waals surface area contributed by atoms with Gasteiger partial charge in [0.1, 0.15) is 18.1 Å². The third kappa shape index (κ3) is 9.34. The fraction of sp³-hybridized carbons (Fsp3) is 0.556. The van der Waals surface area contributed by atoms with Gasteiger partial charge in [0.2, 0.25) is 23.6 Å². The van der Waals surface area contributed by atoms with Gasteiger partial charge >= 0.3 is 5.97 Å². The van der Waals surface area contributed by atoms with E-state index >= 15 is 0 Å². The zero-order chi connectivity index (χ0) is 24.3. The minimum absolute atomic E-state index is 0.0456. The number of primary amides is 1. The van der Waals surface area contributed by atoms with Crippen molar-refractivity contribution in [2.24, 2.45) is 11.5 Å². The van der Waals surface area contributed by atoms with Crippen molar-refractivity contribution in [2.45, 2.75) is 50.4 Å². The summed E-state index contributed by atoms with van der Waals surface area (Å²) in [5.41, 5.74) is 11.4. The maximum Gasteiger partial charge on any atom is 0.326 e. The molecule has 4 unspecified atom stereocenters. The summed E-state index contributed by atoms with van der Waals surface area (Å²) in [5.74, 6) is -3.73. The van der Waals surface area contributed by atoms with E-state index in [9.17, 15) is 29.1 Å². The number of carboxylic acid groups (broad SMARTS) is 1. The highest BCUT2D eigenvalue weighted by Gasteiger charge is 2.29. The average molecular weight is 472 g/mol. The Bertz CT molecular complexity index is 804. The Labute approximate surface area is 188 Å². The summed E-state index contributed by atoms with van der Waals surface area (Å²) in [6.07, 6.45) is 4.47. The van der Waals surface area contributed by atoms with E-state index in [0.29, 0.717) is 17.9 Å². The van der Waals surface area contributed by atoms with Gasteiger partial charge in [0.15, 0.2) is 0 Å². The van der Waals surface area contributed by atoms with Crippen LogP contribution < -0.4 is 27.4 Å². The number of carbonyl (C=O) groups is 5. The number of nitrogens with two attached hydrogens (primary N) is 2. The Morgan fingerprint density at radius 3 is 2.31 bits per heavy atom. The van der Waals surface area contributed by atoms with Crippen molar-refractivity contribution in [3.05, 3.63) is 18.2 Å². The summed E-state index contributed by atoms with van der Waals surface area (Å²) >= 11 is 1.50. The molecule has 0 spiro atoms. The molecule has 1 rings (SSSR count). The number of carbonyl (C=O) groups excluding carboxylic acids is 4. The molecule has 0 aliphatic heterocycles. The molecule has 4 atom stereocenters. The van der Waals surface area contributed by atoms with Crippen LogP contribution in [0.4, 0.5) is 0 Å². The molecule has 0 bridgehead atoms. The predicted molar refractivity (Wildman–Crippen MR) is 116 cm³/mol. The lowest BCUT2D eigenvalue weighted by Gasteiger charge is -2.23. The monoisotopic (exact) mass is 471 g/mol. The van der Waals surface area contributed by atoms with Gasteiger partial charge in [0.05, 0.1) is 18.8 Å². The van der Waals surface area contributed by atoms with Crippen LogP contribution in [0.25, 0.3) is 0 Å². The van der Waals surface area contributed by atoms with Crippen LogP contribution >= 0.6 is 11.8 Å². The molecule has 0 aliphatic carbocycles. The van der Waals surface area contributed by atoms with Crippen molar-refractivity contribution in [3.8, 4) is 0 Å². The number of nitrogens with zero attached hydrogens (tertiary/aromatic N) is 1. The maximum absolute atomic E-state index is 12.6. The number of nitrogens with one attached hydrogen (secondary N) is 4. The standard InChI is InChI=1S/C18H29N7O6S/c1-9(15(27)25-13(18(30)31)5-10-7-21-8-22-10)23-17(29)12(6-14(20)26)24-16(28)11(19)3-4-32-2/h7-9,11-13H,3-6,19H2,1-2H3,(H2,20,26)(H,21,22)(H,23,29)(H,24,28)(H,25,27)(H,30,31). The Morgan fingerprint density at radius 2 is 1.78 bits per heavy atom. The molecule has 1 aromatic rings. The molecule has 1 heterocycles. The van der Waals surface area contributed by atoms with Crippen molar-refractivity contribution in [1.29, 1.82) is 0 Å². The topological polar surface area (TPSA) is 222 Å². The van der Waals surface area contributed by atoms with Gasteiger partial charge in [-0.25, -0.2) is 9.78 Å². The molecule has 13 nitrogen and oxygen atoms in total. The fourth-order valence-corrected chi connectivity index (χ4v) is 3.05. The van der Waals surface area contributed by atoms with Gasteiger partial charge in [-0.05, 0) is 25.4 Å². The first-order chi connectivity index (χ1) is 15.0. The number of aliphatic carboxylic acids is 1. The second-order valence-corrected chi connectivity index (χ2v) is 8.02. The van der Waals surface area contributed by atoms with Crippen LogP contribution in [-0.4, -0.2) is 80.8 Å². The molecule has 178 valence electrons. The normalized spacial score (nSPS) is 14.5. The first-order valence-corrected chi connectivity index (χ1v) is 11.1. The number of amides is 4. The van der Waals surface area contributed by atoms with Crippen LogP contribution in [0.2, 0.25) is 0 Å². The molecule has 0 saturated carbocycles. The minimum Gasteiger partial charge on any atom is -0.480 e. The molecule has 14 heteroatoms. The zero-order valence-corrected chi connectivity index (χ0v) is 18.6. The predicted octanol–water partition coefficient (Wildman–Crippen LogP) is -2.53. The van der Waals surface area contributed by atoms with E-state index in [1.54, 1.807) is 0 Å². The Morgan fingerprint density at radius 1 is 1.12 bits per heavy atom. The lowest BCUT2D eigenvalue weighted by Crippen LogP contribution is -2.57. The minimum atomic E-state index is -1.34. The van der Waals surface area contributed by atoms with E-state index in [4.69, 9.17) is 11.5 Å². The molecule has 32 heavy (non-hydrogen) atoms. The van der Waals surface area contributed by atoms with Crippen molar-refractivity contribution in [3.63, 3.8) is 0 Å². The number of H-pyrrole nitrogens is 1. The third-order valence-corrected chi connectivity index (χ3v) is 5.00. The highest BCUT2D eigenvalue weighted by molar-refractivity contribution is 7.98. The van der Waals surface area contributed by atoms with E-state index in [0.717, 1.165) is 0 Å². The molecular formula is C18H29N7O6S. The molecule has 1 aromatic heterocycles. The zero-order valence-electron chi connectivity index (χ0n) is 17.8. The summed E-state index contributed by atoms with van der Waals surface area (Å²) in [4.78, 5) is 66.5. The second kappa shape index (κ2) is 13.3. The summed E-state index contributed by atoms with van der Waals surface area (Å²) < 4.78 is 0. The SMILES string of the molecule is CSCCC(N)C(=O)NC(CC(N)=O)C(=O)NC(C)C(=O)NC(Cc1cnc[nH]1)C(=O)O. The first-order valence-electron chi connectivity index (χ1n) is 9.69. The summed E-state index contributed by atoms with van der Waals surface area (Å²) in [6, 6.07) is -4.65. The van der Waals surface area contributed by atoms with E-state index in [1.807, 2.05) is 6.26 Å². The van der Waals surface area contributed by atoms with Crippen LogP contribution in [0, 0.1) is 0 Å². The number of hydrogen-bond donors (Lipinski definition) is 7. The van der Waals surface area contributed by atoms with Gasteiger partial charge in [0, 0.05) is 18.3 Å². The largest absolute Gasteiger partial charge is 0.480 e. The van der Waals surface area contributed by atoms with Gasteiger partial charge in [-0.15, -0.1) is 0 Å². The first kappa shape index (κ1) is 26.9. The van der Waals surface area contributed by atoms with Crippen molar-refractivity contribution in [1.82, 2.24) is 25.9 Å². The van der Waals surface area contributed by atoms with E-state index in [1.165, 1.54) is 31.2 Å². The fourth-order valence-electron chi connectivity index (χ4n) is 2.56. The summed E-state index contributed by atoms with van der Waals surface area (Å²) in [5, 5.41) is 16.4. The molecule has 0 aromatic carbocycles. The smallest absolute Gasteiger partial charge is 0.326 e. The lowest BCUT2D eigenvalue weighted by atomic mass is 10.1. The van der Waals surface area contributed by atoms with Gasteiger partial charge < -0.3 is 37.5 Å². The molecule has 9 N–H and O–H groups in total. The van der Waals surface area contributed by atoms with E-state index in [-0.39, 0.29) is 6.42 Å². The molecule has 0 fully saturated rings. The molecule has 0 saturated heterocycles. The van der Waals surface area contributed by atoms with Crippen LogP contribution in [-0.2, 0) is 30.4 Å². The second-order valence-electron chi connectivity index (χ2n) is 7.03. The van der Waals surface area contributed by atoms with Gasteiger partial charge in [-0.1, -0.05) is 0 Å². The quantitative estimate of drug-likeness (QED) is 0.152. The lowest BCUT2D eigenvalue weighted by molar-refractivity contribution is -0.142. The average Bonchev–Trinajstić information content (AvgIpc) is 3.23. The highest BCUT2D eigenvalue weighted by Crippen LogP contribution is 2.02. The summed E-state index contributed by atoms with van der Waals surface area (Å²) in [7, 11) is 0. The summed E-state index contributed by atoms with van der Waals surface area (Å²) in [6.45, 7) is 1.33. The maximum atomic E-state index is 12.6. The third-order valence-electron chi connectivity index (χ3n) is 4.35. The number of rotatable bonds is 14. The molecule has 0 aliphatic rings. The van der Waals surface area contributed by atoms with E-state index in [2.05, 4.69) is 25.9 Å². The highest BCUT2D eigenvalue weighted by atomic mass is 32.2. The van der Waals surface area contributed by atoms with Crippen molar-refractivity contribution < 1.29 is 29.1 Å². The van der Waals surface area contributed by atoms with Gasteiger partial charge in [-0.2, -0.15) is 11.8 Å².